The molecule has 3 aromatic rings. The predicted molar refractivity (Wildman–Crippen MR) is 131 cm³/mol. The fraction of sp³-hybridized carbons (Fsp3) is 0.280. The normalized spacial score (nSPS) is 14.1. The SMILES string of the molecule is COc1ncc(CCNC(=O)c2ccc(Oc3cc4c(cc3Cl)C(OC(=O)O)CCO4)cc2)c(OC)n1. The number of carbonyl (C=O) groups excluding carboxylic acids is 1. The van der Waals surface area contributed by atoms with Gasteiger partial charge in [-0.15, -0.1) is 0 Å². The Kier molecular flexibility index (Phi) is 8.14. The van der Waals surface area contributed by atoms with E-state index in [1.54, 1.807) is 42.6 Å². The van der Waals surface area contributed by atoms with Gasteiger partial charge in [0.05, 0.1) is 25.8 Å². The Hall–Kier alpha value is -4.25. The number of carbonyl (C=O) groups is 2. The van der Waals surface area contributed by atoms with E-state index in [0.29, 0.717) is 60.2 Å². The smallest absolute Gasteiger partial charge is 0.493 e. The molecule has 11 nitrogen and oxygen atoms in total. The van der Waals surface area contributed by atoms with Crippen LogP contribution < -0.4 is 24.3 Å². The van der Waals surface area contributed by atoms with Crippen LogP contribution in [0.3, 0.4) is 0 Å². The fourth-order valence-corrected chi connectivity index (χ4v) is 3.93. The van der Waals surface area contributed by atoms with E-state index in [2.05, 4.69) is 15.3 Å². The number of rotatable bonds is 9. The van der Waals surface area contributed by atoms with Crippen LogP contribution in [0.2, 0.25) is 5.02 Å². The van der Waals surface area contributed by atoms with Crippen LogP contribution >= 0.6 is 11.6 Å². The molecule has 1 unspecified atom stereocenters. The summed E-state index contributed by atoms with van der Waals surface area (Å²) in [5.41, 5.74) is 1.72. The summed E-state index contributed by atoms with van der Waals surface area (Å²) < 4.78 is 26.7. The van der Waals surface area contributed by atoms with Gasteiger partial charge in [-0.05, 0) is 36.8 Å². The van der Waals surface area contributed by atoms with Crippen LogP contribution in [0, 0.1) is 0 Å². The third-order valence-corrected chi connectivity index (χ3v) is 5.79. The molecule has 0 aliphatic carbocycles. The summed E-state index contributed by atoms with van der Waals surface area (Å²) in [6, 6.07) is 9.90. The topological polar surface area (TPSA) is 138 Å². The summed E-state index contributed by atoms with van der Waals surface area (Å²) in [4.78, 5) is 31.7. The van der Waals surface area contributed by atoms with Crippen molar-refractivity contribution >= 4 is 23.7 Å². The van der Waals surface area contributed by atoms with E-state index in [0.717, 1.165) is 5.56 Å². The van der Waals surface area contributed by atoms with Crippen molar-refractivity contribution < 1.29 is 38.4 Å². The fourth-order valence-electron chi connectivity index (χ4n) is 3.72. The molecule has 1 amide bonds. The summed E-state index contributed by atoms with van der Waals surface area (Å²) in [6.45, 7) is 0.647. The Balaban J connectivity index is 1.36. The molecule has 4 rings (SSSR count). The van der Waals surface area contributed by atoms with Gasteiger partial charge < -0.3 is 34.1 Å². The van der Waals surface area contributed by atoms with Gasteiger partial charge >= 0.3 is 12.2 Å². The van der Waals surface area contributed by atoms with Crippen molar-refractivity contribution in [2.24, 2.45) is 0 Å². The first-order valence-corrected chi connectivity index (χ1v) is 11.6. The van der Waals surface area contributed by atoms with Gasteiger partial charge in [0.2, 0.25) is 5.88 Å². The zero-order valence-electron chi connectivity index (χ0n) is 20.0. The summed E-state index contributed by atoms with van der Waals surface area (Å²) in [7, 11) is 2.97. The molecule has 2 heterocycles. The number of halogens is 1. The van der Waals surface area contributed by atoms with Crippen molar-refractivity contribution in [1.82, 2.24) is 15.3 Å². The number of amides is 1. The van der Waals surface area contributed by atoms with Crippen LogP contribution in [0.5, 0.6) is 29.1 Å². The van der Waals surface area contributed by atoms with E-state index in [9.17, 15) is 9.59 Å². The van der Waals surface area contributed by atoms with E-state index in [-0.39, 0.29) is 16.9 Å². The second-order valence-corrected chi connectivity index (χ2v) is 8.26. The monoisotopic (exact) mass is 529 g/mol. The maximum Gasteiger partial charge on any atom is 0.506 e. The second kappa shape index (κ2) is 11.7. The van der Waals surface area contributed by atoms with Crippen molar-refractivity contribution in [3.8, 4) is 29.1 Å². The van der Waals surface area contributed by atoms with Gasteiger partial charge in [-0.25, -0.2) is 9.78 Å². The Morgan fingerprint density at radius 2 is 1.97 bits per heavy atom. The number of fused-ring (bicyclic) bond motifs is 1. The largest absolute Gasteiger partial charge is 0.506 e. The minimum atomic E-state index is -1.37. The Bertz CT molecular complexity index is 1290. The molecule has 0 bridgehead atoms. The van der Waals surface area contributed by atoms with Gasteiger partial charge in [-0.1, -0.05) is 11.6 Å². The van der Waals surface area contributed by atoms with Gasteiger partial charge in [0.1, 0.15) is 23.4 Å². The number of nitrogens with zero attached hydrogens (tertiary/aromatic N) is 2. The molecule has 1 atom stereocenters. The van der Waals surface area contributed by atoms with E-state index < -0.39 is 12.3 Å². The highest BCUT2D eigenvalue weighted by Gasteiger charge is 2.27. The molecular weight excluding hydrogens is 506 g/mol. The standard InChI is InChI=1S/C25H24ClN3O8/c1-33-23-15(13-28-24(29-23)34-2)7-9-27-22(30)14-3-5-16(6-4-14)36-21-12-20-17(11-18(21)26)19(8-10-35-20)37-25(31)32/h3-6,11-13,19H,7-10H2,1-2H3,(H,27,30)(H,31,32). The predicted octanol–water partition coefficient (Wildman–Crippen LogP) is 4.43. The molecule has 37 heavy (non-hydrogen) atoms. The van der Waals surface area contributed by atoms with E-state index in [1.165, 1.54) is 14.2 Å². The lowest BCUT2D eigenvalue weighted by Crippen LogP contribution is -2.25. The van der Waals surface area contributed by atoms with Gasteiger partial charge in [0, 0.05) is 41.9 Å². The number of nitrogens with one attached hydrogen (secondary N) is 1. The molecule has 1 aromatic heterocycles. The zero-order chi connectivity index (χ0) is 26.4. The highest BCUT2D eigenvalue weighted by molar-refractivity contribution is 6.32. The first-order valence-electron chi connectivity index (χ1n) is 11.2. The van der Waals surface area contributed by atoms with Gasteiger partial charge in [-0.3, -0.25) is 4.79 Å². The van der Waals surface area contributed by atoms with Crippen LogP contribution in [-0.4, -0.2) is 54.5 Å². The average Bonchev–Trinajstić information content (AvgIpc) is 2.89. The first kappa shape index (κ1) is 25.8. The number of ether oxygens (including phenoxy) is 5. The quantitative estimate of drug-likeness (QED) is 0.383. The molecule has 0 radical (unpaired) electrons. The number of hydrogen-bond acceptors (Lipinski definition) is 9. The number of benzene rings is 2. The Morgan fingerprint density at radius 1 is 1.19 bits per heavy atom. The van der Waals surface area contributed by atoms with E-state index in [4.69, 9.17) is 40.4 Å². The average molecular weight is 530 g/mol. The van der Waals surface area contributed by atoms with Crippen molar-refractivity contribution in [2.75, 3.05) is 27.4 Å². The molecule has 1 aliphatic heterocycles. The first-order chi connectivity index (χ1) is 17.9. The third-order valence-electron chi connectivity index (χ3n) is 5.49. The van der Waals surface area contributed by atoms with E-state index in [1.807, 2.05) is 0 Å². The lowest BCUT2D eigenvalue weighted by molar-refractivity contribution is 0.0326. The zero-order valence-corrected chi connectivity index (χ0v) is 20.8. The molecule has 194 valence electrons. The van der Waals surface area contributed by atoms with Crippen LogP contribution in [0.1, 0.15) is 34.0 Å². The maximum atomic E-state index is 12.6. The van der Waals surface area contributed by atoms with Crippen LogP contribution in [0.15, 0.2) is 42.6 Å². The summed E-state index contributed by atoms with van der Waals surface area (Å²) in [6.07, 6.45) is 0.425. The summed E-state index contributed by atoms with van der Waals surface area (Å²) in [5, 5.41) is 12.1. The minimum absolute atomic E-state index is 0.201. The summed E-state index contributed by atoms with van der Waals surface area (Å²) >= 11 is 6.37. The molecule has 0 saturated heterocycles. The molecule has 0 saturated carbocycles. The van der Waals surface area contributed by atoms with Gasteiger partial charge in [-0.2, -0.15) is 4.98 Å². The molecule has 0 spiro atoms. The van der Waals surface area contributed by atoms with Crippen LogP contribution in [0.4, 0.5) is 4.79 Å². The lowest BCUT2D eigenvalue weighted by Gasteiger charge is -2.25. The van der Waals surface area contributed by atoms with Crippen LogP contribution in [-0.2, 0) is 11.2 Å². The molecule has 2 aromatic carbocycles. The Labute approximate surface area is 217 Å². The molecular formula is C25H24ClN3O8. The highest BCUT2D eigenvalue weighted by Crippen LogP contribution is 2.42. The molecule has 1 aliphatic rings. The van der Waals surface area contributed by atoms with E-state index >= 15 is 0 Å². The number of aromatic nitrogens is 2. The highest BCUT2D eigenvalue weighted by atomic mass is 35.5. The third kappa shape index (κ3) is 6.31. The molecule has 0 fully saturated rings. The van der Waals surface area contributed by atoms with Crippen molar-refractivity contribution in [2.45, 2.75) is 18.9 Å². The van der Waals surface area contributed by atoms with Crippen molar-refractivity contribution in [1.29, 1.82) is 0 Å². The molecule has 2 N–H and O–H groups in total. The number of carboxylic acid groups (broad SMARTS) is 1. The minimum Gasteiger partial charge on any atom is -0.493 e. The van der Waals surface area contributed by atoms with Crippen molar-refractivity contribution in [3.63, 3.8) is 0 Å². The van der Waals surface area contributed by atoms with Crippen LogP contribution in [0.25, 0.3) is 0 Å². The lowest BCUT2D eigenvalue weighted by atomic mass is 10.0. The van der Waals surface area contributed by atoms with Gasteiger partial charge in [0.25, 0.3) is 5.91 Å². The Morgan fingerprint density at radius 3 is 2.68 bits per heavy atom. The number of hydrogen-bond donors (Lipinski definition) is 2. The molecule has 12 heteroatoms. The number of methoxy groups -OCH3 is 2. The van der Waals surface area contributed by atoms with Gasteiger partial charge in [0.15, 0.2) is 0 Å². The second-order valence-electron chi connectivity index (χ2n) is 7.85. The summed E-state index contributed by atoms with van der Waals surface area (Å²) in [5.74, 6) is 1.34. The maximum absolute atomic E-state index is 12.6. The van der Waals surface area contributed by atoms with Crippen molar-refractivity contribution in [3.05, 3.63) is 64.3 Å².